The predicted molar refractivity (Wildman–Crippen MR) is 71.6 cm³/mol. The Morgan fingerprint density at radius 1 is 1.29 bits per heavy atom. The molecule has 1 N–H and O–H groups in total. The standard InChI is InChI=1S/C13H16N2OS/c1-2-8-15(13-14-12(16)10-17-13)9-11-6-4-3-5-7-11/h3-7,10,16H,2,8-9H2,1H3. The average molecular weight is 248 g/mol. The van der Waals surface area contributed by atoms with Crippen molar-refractivity contribution in [3.05, 3.63) is 41.3 Å². The topological polar surface area (TPSA) is 36.4 Å². The fourth-order valence-electron chi connectivity index (χ4n) is 1.72. The van der Waals surface area contributed by atoms with Crippen molar-refractivity contribution >= 4 is 16.5 Å². The molecule has 90 valence electrons. The molecule has 0 saturated heterocycles. The first kappa shape index (κ1) is 11.9. The maximum atomic E-state index is 9.31. The van der Waals surface area contributed by atoms with Crippen molar-refractivity contribution in [2.24, 2.45) is 0 Å². The van der Waals surface area contributed by atoms with E-state index in [0.717, 1.165) is 24.6 Å². The van der Waals surface area contributed by atoms with Crippen molar-refractivity contribution in [3.63, 3.8) is 0 Å². The number of aromatic nitrogens is 1. The van der Waals surface area contributed by atoms with Crippen LogP contribution in [0.1, 0.15) is 18.9 Å². The molecule has 0 spiro atoms. The van der Waals surface area contributed by atoms with E-state index in [9.17, 15) is 5.11 Å². The number of thiazole rings is 1. The molecule has 4 heteroatoms. The number of hydrogen-bond donors (Lipinski definition) is 1. The molecule has 1 aromatic heterocycles. The summed E-state index contributed by atoms with van der Waals surface area (Å²) < 4.78 is 0. The molecule has 0 radical (unpaired) electrons. The zero-order valence-corrected chi connectivity index (χ0v) is 10.7. The maximum absolute atomic E-state index is 9.31. The van der Waals surface area contributed by atoms with Gasteiger partial charge in [0.2, 0.25) is 5.88 Å². The highest BCUT2D eigenvalue weighted by atomic mass is 32.1. The van der Waals surface area contributed by atoms with Gasteiger partial charge in [0.1, 0.15) is 0 Å². The molecular formula is C13H16N2OS. The fraction of sp³-hybridized carbons (Fsp3) is 0.308. The van der Waals surface area contributed by atoms with Gasteiger partial charge in [0.15, 0.2) is 5.13 Å². The van der Waals surface area contributed by atoms with E-state index in [1.165, 1.54) is 16.9 Å². The fourth-order valence-corrected chi connectivity index (χ4v) is 2.43. The number of hydrogen-bond acceptors (Lipinski definition) is 4. The lowest BCUT2D eigenvalue weighted by Crippen LogP contribution is -2.23. The molecule has 0 fully saturated rings. The van der Waals surface area contributed by atoms with E-state index in [2.05, 4.69) is 28.9 Å². The van der Waals surface area contributed by atoms with E-state index in [1.54, 1.807) is 5.38 Å². The van der Waals surface area contributed by atoms with Crippen LogP contribution in [0.4, 0.5) is 5.13 Å². The van der Waals surface area contributed by atoms with Gasteiger partial charge in [-0.2, -0.15) is 4.98 Å². The van der Waals surface area contributed by atoms with Crippen LogP contribution < -0.4 is 4.90 Å². The molecule has 0 atom stereocenters. The van der Waals surface area contributed by atoms with Crippen LogP contribution in [0.5, 0.6) is 5.88 Å². The summed E-state index contributed by atoms with van der Waals surface area (Å²) in [5, 5.41) is 11.9. The van der Waals surface area contributed by atoms with E-state index >= 15 is 0 Å². The lowest BCUT2D eigenvalue weighted by atomic mass is 10.2. The molecule has 0 saturated carbocycles. The monoisotopic (exact) mass is 248 g/mol. The van der Waals surface area contributed by atoms with Crippen LogP contribution in [-0.4, -0.2) is 16.6 Å². The second-order valence-corrected chi connectivity index (χ2v) is 4.73. The van der Waals surface area contributed by atoms with Crippen LogP contribution in [0.25, 0.3) is 0 Å². The zero-order chi connectivity index (χ0) is 12.1. The molecule has 0 bridgehead atoms. The molecule has 0 aliphatic rings. The Bertz CT molecular complexity index is 455. The van der Waals surface area contributed by atoms with Crippen molar-refractivity contribution in [1.29, 1.82) is 0 Å². The summed E-state index contributed by atoms with van der Waals surface area (Å²) in [5.41, 5.74) is 1.26. The summed E-state index contributed by atoms with van der Waals surface area (Å²) in [7, 11) is 0. The average Bonchev–Trinajstić information content (AvgIpc) is 2.77. The molecule has 0 amide bonds. The number of nitrogens with zero attached hydrogens (tertiary/aromatic N) is 2. The van der Waals surface area contributed by atoms with Gasteiger partial charge in [-0.05, 0) is 12.0 Å². The quantitative estimate of drug-likeness (QED) is 0.882. The van der Waals surface area contributed by atoms with Crippen molar-refractivity contribution in [3.8, 4) is 5.88 Å². The van der Waals surface area contributed by atoms with Crippen molar-refractivity contribution < 1.29 is 5.11 Å². The van der Waals surface area contributed by atoms with E-state index in [-0.39, 0.29) is 5.88 Å². The SMILES string of the molecule is CCCN(Cc1ccccc1)c1nc(O)cs1. The van der Waals surface area contributed by atoms with Crippen LogP contribution in [0.2, 0.25) is 0 Å². The minimum Gasteiger partial charge on any atom is -0.493 e. The molecule has 0 aliphatic heterocycles. The molecule has 2 rings (SSSR count). The predicted octanol–water partition coefficient (Wildman–Crippen LogP) is 3.27. The molecule has 2 aromatic rings. The molecular weight excluding hydrogens is 232 g/mol. The summed E-state index contributed by atoms with van der Waals surface area (Å²) in [6.07, 6.45) is 1.06. The van der Waals surface area contributed by atoms with Crippen molar-refractivity contribution in [2.75, 3.05) is 11.4 Å². The molecule has 1 heterocycles. The minimum atomic E-state index is 0.110. The van der Waals surface area contributed by atoms with Crippen molar-refractivity contribution in [2.45, 2.75) is 19.9 Å². The van der Waals surface area contributed by atoms with E-state index in [0.29, 0.717) is 0 Å². The molecule has 0 aliphatic carbocycles. The third-order valence-corrected chi connectivity index (χ3v) is 3.35. The molecule has 1 aromatic carbocycles. The van der Waals surface area contributed by atoms with E-state index < -0.39 is 0 Å². The first-order chi connectivity index (χ1) is 8.29. The van der Waals surface area contributed by atoms with Gasteiger partial charge in [0, 0.05) is 13.1 Å². The third-order valence-electron chi connectivity index (χ3n) is 2.46. The summed E-state index contributed by atoms with van der Waals surface area (Å²) in [5.74, 6) is 0.110. The Balaban J connectivity index is 2.13. The van der Waals surface area contributed by atoms with Crippen molar-refractivity contribution in [1.82, 2.24) is 4.98 Å². The minimum absolute atomic E-state index is 0.110. The second-order valence-electron chi connectivity index (χ2n) is 3.90. The smallest absolute Gasteiger partial charge is 0.223 e. The Morgan fingerprint density at radius 3 is 2.65 bits per heavy atom. The van der Waals surface area contributed by atoms with Gasteiger partial charge in [-0.15, -0.1) is 11.3 Å². The summed E-state index contributed by atoms with van der Waals surface area (Å²) in [6.45, 7) is 3.93. The Hall–Kier alpha value is -1.55. The number of anilines is 1. The number of rotatable bonds is 5. The number of benzene rings is 1. The lowest BCUT2D eigenvalue weighted by Gasteiger charge is -2.20. The van der Waals surface area contributed by atoms with Crippen LogP contribution in [0.15, 0.2) is 35.7 Å². The van der Waals surface area contributed by atoms with Gasteiger partial charge in [-0.1, -0.05) is 37.3 Å². The Morgan fingerprint density at radius 2 is 2.06 bits per heavy atom. The van der Waals surface area contributed by atoms with Crippen LogP contribution in [0.3, 0.4) is 0 Å². The summed E-state index contributed by atoms with van der Waals surface area (Å²) in [6, 6.07) is 10.3. The highest BCUT2D eigenvalue weighted by Crippen LogP contribution is 2.25. The normalized spacial score (nSPS) is 10.4. The number of aromatic hydroxyl groups is 1. The molecule has 0 unspecified atom stereocenters. The van der Waals surface area contributed by atoms with Gasteiger partial charge < -0.3 is 10.0 Å². The second kappa shape index (κ2) is 5.68. The van der Waals surface area contributed by atoms with Gasteiger partial charge in [-0.25, -0.2) is 0 Å². The molecule has 3 nitrogen and oxygen atoms in total. The third kappa shape index (κ3) is 3.20. The Kier molecular flexibility index (Phi) is 3.98. The van der Waals surface area contributed by atoms with Crippen LogP contribution >= 0.6 is 11.3 Å². The van der Waals surface area contributed by atoms with E-state index in [4.69, 9.17) is 0 Å². The van der Waals surface area contributed by atoms with Crippen LogP contribution in [-0.2, 0) is 6.54 Å². The van der Waals surface area contributed by atoms with E-state index in [1.807, 2.05) is 18.2 Å². The van der Waals surface area contributed by atoms with Gasteiger partial charge in [0.25, 0.3) is 0 Å². The summed E-state index contributed by atoms with van der Waals surface area (Å²) >= 11 is 1.48. The lowest BCUT2D eigenvalue weighted by molar-refractivity contribution is 0.457. The van der Waals surface area contributed by atoms with Gasteiger partial charge in [0.05, 0.1) is 5.38 Å². The van der Waals surface area contributed by atoms with Gasteiger partial charge in [-0.3, -0.25) is 0 Å². The highest BCUT2D eigenvalue weighted by Gasteiger charge is 2.10. The Labute approximate surface area is 105 Å². The largest absolute Gasteiger partial charge is 0.493 e. The molecule has 17 heavy (non-hydrogen) atoms. The highest BCUT2D eigenvalue weighted by molar-refractivity contribution is 7.13. The first-order valence-electron chi connectivity index (χ1n) is 5.73. The zero-order valence-electron chi connectivity index (χ0n) is 9.84. The van der Waals surface area contributed by atoms with Gasteiger partial charge >= 0.3 is 0 Å². The summed E-state index contributed by atoms with van der Waals surface area (Å²) in [4.78, 5) is 6.32. The van der Waals surface area contributed by atoms with Crippen LogP contribution in [0, 0.1) is 0 Å². The maximum Gasteiger partial charge on any atom is 0.223 e. The first-order valence-corrected chi connectivity index (χ1v) is 6.61.